The molecule has 0 radical (unpaired) electrons. The van der Waals surface area contributed by atoms with E-state index in [-0.39, 0.29) is 5.91 Å². The number of carbonyl (C=O) groups excluding carboxylic acids is 1. The second-order valence-electron chi connectivity index (χ2n) is 6.82. The average molecular weight is 324 g/mol. The normalized spacial score (nSPS) is 15.4. The van der Waals surface area contributed by atoms with Gasteiger partial charge in [-0.1, -0.05) is 17.2 Å². The number of carbonyl (C=O) groups is 1. The van der Waals surface area contributed by atoms with Crippen LogP contribution in [-0.4, -0.2) is 39.1 Å². The quantitative estimate of drug-likeness (QED) is 0.905. The Morgan fingerprint density at radius 1 is 1.00 bits per heavy atom. The Morgan fingerprint density at radius 2 is 1.58 bits per heavy atom. The van der Waals surface area contributed by atoms with E-state index in [0.29, 0.717) is 5.56 Å². The number of aryl methyl sites for hydroxylation is 2. The van der Waals surface area contributed by atoms with Gasteiger partial charge in [-0.05, 0) is 50.2 Å². The molecule has 126 valence electrons. The number of nitrogens with one attached hydrogen (secondary N) is 2. The van der Waals surface area contributed by atoms with E-state index in [9.17, 15) is 4.79 Å². The zero-order valence-electron chi connectivity index (χ0n) is 14.7. The number of hydrogen-bond donors (Lipinski definition) is 2. The second kappa shape index (κ2) is 7.05. The highest BCUT2D eigenvalue weighted by Gasteiger charge is 2.16. The molecular weight excluding hydrogens is 298 g/mol. The van der Waals surface area contributed by atoms with Gasteiger partial charge in [0, 0.05) is 16.9 Å². The average Bonchev–Trinajstić information content (AvgIpc) is 2.55. The molecule has 0 unspecified atom stereocenters. The lowest BCUT2D eigenvalue weighted by Crippen LogP contribution is -3.12. The molecule has 1 saturated heterocycles. The van der Waals surface area contributed by atoms with Gasteiger partial charge in [-0.15, -0.1) is 0 Å². The monoisotopic (exact) mass is 324 g/mol. The van der Waals surface area contributed by atoms with Gasteiger partial charge in [-0.3, -0.25) is 4.79 Å². The summed E-state index contributed by atoms with van der Waals surface area (Å²) < 4.78 is 0. The van der Waals surface area contributed by atoms with Crippen LogP contribution in [0.2, 0.25) is 0 Å². The number of hydrogen-bond acceptors (Lipinski definition) is 2. The molecule has 0 bridgehead atoms. The number of benzene rings is 2. The topological polar surface area (TPSA) is 36.8 Å². The van der Waals surface area contributed by atoms with Crippen LogP contribution in [0, 0.1) is 13.8 Å². The first-order chi connectivity index (χ1) is 11.5. The first-order valence-corrected chi connectivity index (χ1v) is 8.57. The summed E-state index contributed by atoms with van der Waals surface area (Å²) in [7, 11) is 2.24. The molecule has 4 nitrogen and oxygen atoms in total. The van der Waals surface area contributed by atoms with Gasteiger partial charge in [-0.2, -0.15) is 0 Å². The molecular formula is C20H26N3O+. The van der Waals surface area contributed by atoms with Crippen LogP contribution in [0.5, 0.6) is 0 Å². The molecule has 0 spiro atoms. The van der Waals surface area contributed by atoms with Crippen LogP contribution in [0.1, 0.15) is 21.5 Å². The molecule has 1 amide bonds. The summed E-state index contributed by atoms with van der Waals surface area (Å²) in [6.07, 6.45) is 0. The molecule has 1 aliphatic rings. The van der Waals surface area contributed by atoms with E-state index in [1.54, 1.807) is 4.90 Å². The van der Waals surface area contributed by atoms with Crippen LogP contribution in [0.25, 0.3) is 0 Å². The highest BCUT2D eigenvalue weighted by Crippen LogP contribution is 2.19. The van der Waals surface area contributed by atoms with Crippen LogP contribution in [0.3, 0.4) is 0 Å². The highest BCUT2D eigenvalue weighted by molar-refractivity contribution is 6.04. The fourth-order valence-corrected chi connectivity index (χ4v) is 3.21. The number of anilines is 2. The number of quaternary nitrogens is 1. The van der Waals surface area contributed by atoms with E-state index in [4.69, 9.17) is 0 Å². The summed E-state index contributed by atoms with van der Waals surface area (Å²) in [4.78, 5) is 16.4. The standard InChI is InChI=1S/C20H25N3O/c1-15-12-16(2)14-17(13-15)20(24)21-18-4-6-19(7-5-18)23-10-8-22(3)9-11-23/h4-7,12-14H,8-11H2,1-3H3,(H,21,24)/p+1. The molecule has 3 rings (SSSR count). The predicted molar refractivity (Wildman–Crippen MR) is 99.1 cm³/mol. The number of nitrogens with zero attached hydrogens (tertiary/aromatic N) is 1. The van der Waals surface area contributed by atoms with Gasteiger partial charge in [0.2, 0.25) is 0 Å². The number of amides is 1. The van der Waals surface area contributed by atoms with Crippen molar-refractivity contribution >= 4 is 17.3 Å². The molecule has 1 heterocycles. The first kappa shape index (κ1) is 16.5. The van der Waals surface area contributed by atoms with Crippen LogP contribution < -0.4 is 15.1 Å². The summed E-state index contributed by atoms with van der Waals surface area (Å²) in [6, 6.07) is 14.1. The molecule has 1 aliphatic heterocycles. The van der Waals surface area contributed by atoms with Crippen molar-refractivity contribution in [1.82, 2.24) is 0 Å². The Labute approximate surface area is 144 Å². The van der Waals surface area contributed by atoms with Gasteiger partial charge in [0.1, 0.15) is 0 Å². The van der Waals surface area contributed by atoms with Gasteiger partial charge in [0.05, 0.1) is 33.2 Å². The summed E-state index contributed by atoms with van der Waals surface area (Å²) in [6.45, 7) is 8.53. The molecule has 4 heteroatoms. The molecule has 0 aromatic heterocycles. The van der Waals surface area contributed by atoms with Gasteiger partial charge >= 0.3 is 0 Å². The van der Waals surface area contributed by atoms with Crippen LogP contribution in [-0.2, 0) is 0 Å². The minimum Gasteiger partial charge on any atom is -0.360 e. The smallest absolute Gasteiger partial charge is 0.255 e. The van der Waals surface area contributed by atoms with Crippen LogP contribution in [0.4, 0.5) is 11.4 Å². The zero-order chi connectivity index (χ0) is 17.1. The number of likely N-dealkylation sites (N-methyl/N-ethyl adjacent to an activating group) is 1. The fourth-order valence-electron chi connectivity index (χ4n) is 3.21. The van der Waals surface area contributed by atoms with Crippen LogP contribution in [0.15, 0.2) is 42.5 Å². The lowest BCUT2D eigenvalue weighted by molar-refractivity contribution is -0.880. The molecule has 2 N–H and O–H groups in total. The maximum Gasteiger partial charge on any atom is 0.255 e. The van der Waals surface area contributed by atoms with E-state index in [1.807, 2.05) is 38.1 Å². The van der Waals surface area contributed by atoms with Crippen LogP contribution >= 0.6 is 0 Å². The SMILES string of the molecule is Cc1cc(C)cc(C(=O)Nc2ccc(N3CC[NH+](C)CC3)cc2)c1. The van der Waals surface area contributed by atoms with Gasteiger partial charge < -0.3 is 15.1 Å². The third-order valence-corrected chi connectivity index (χ3v) is 4.59. The lowest BCUT2D eigenvalue weighted by Gasteiger charge is -2.31. The largest absolute Gasteiger partial charge is 0.360 e. The van der Waals surface area contributed by atoms with E-state index in [1.165, 1.54) is 18.8 Å². The Bertz CT molecular complexity index is 696. The minimum atomic E-state index is -0.0576. The Kier molecular flexibility index (Phi) is 4.86. The lowest BCUT2D eigenvalue weighted by atomic mass is 10.1. The van der Waals surface area contributed by atoms with E-state index in [0.717, 1.165) is 29.9 Å². The van der Waals surface area contributed by atoms with E-state index < -0.39 is 0 Å². The Morgan fingerprint density at radius 3 is 2.17 bits per heavy atom. The summed E-state index contributed by atoms with van der Waals surface area (Å²) in [5, 5.41) is 2.99. The van der Waals surface area contributed by atoms with Crippen molar-refractivity contribution in [2.75, 3.05) is 43.4 Å². The van der Waals surface area contributed by atoms with Crippen molar-refractivity contribution in [3.63, 3.8) is 0 Å². The summed E-state index contributed by atoms with van der Waals surface area (Å²) >= 11 is 0. The van der Waals surface area contributed by atoms with Crippen molar-refractivity contribution in [3.05, 3.63) is 59.2 Å². The molecule has 24 heavy (non-hydrogen) atoms. The third-order valence-electron chi connectivity index (χ3n) is 4.59. The minimum absolute atomic E-state index is 0.0576. The zero-order valence-corrected chi connectivity index (χ0v) is 14.7. The van der Waals surface area contributed by atoms with Crippen molar-refractivity contribution in [2.45, 2.75) is 13.8 Å². The van der Waals surface area contributed by atoms with E-state index >= 15 is 0 Å². The van der Waals surface area contributed by atoms with Gasteiger partial charge in [0.25, 0.3) is 5.91 Å². The molecule has 0 atom stereocenters. The van der Waals surface area contributed by atoms with Crippen molar-refractivity contribution in [2.24, 2.45) is 0 Å². The Hall–Kier alpha value is -2.33. The second-order valence-corrected chi connectivity index (χ2v) is 6.82. The number of piperazine rings is 1. The molecule has 2 aromatic carbocycles. The van der Waals surface area contributed by atoms with Crippen molar-refractivity contribution < 1.29 is 9.69 Å². The predicted octanol–water partition coefficient (Wildman–Crippen LogP) is 1.89. The molecule has 2 aromatic rings. The Balaban J connectivity index is 1.66. The van der Waals surface area contributed by atoms with Gasteiger partial charge in [-0.25, -0.2) is 0 Å². The maximum atomic E-state index is 12.4. The van der Waals surface area contributed by atoms with Crippen molar-refractivity contribution in [3.8, 4) is 0 Å². The fraction of sp³-hybridized carbons (Fsp3) is 0.350. The maximum absolute atomic E-state index is 12.4. The summed E-state index contributed by atoms with van der Waals surface area (Å²) in [5.74, 6) is -0.0576. The molecule has 0 saturated carbocycles. The molecule has 0 aliphatic carbocycles. The summed E-state index contributed by atoms with van der Waals surface area (Å²) in [5.41, 5.74) is 4.98. The first-order valence-electron chi connectivity index (χ1n) is 8.57. The van der Waals surface area contributed by atoms with E-state index in [2.05, 4.69) is 35.5 Å². The number of rotatable bonds is 3. The van der Waals surface area contributed by atoms with Crippen molar-refractivity contribution in [1.29, 1.82) is 0 Å². The third kappa shape index (κ3) is 3.95. The molecule has 1 fully saturated rings. The highest BCUT2D eigenvalue weighted by atomic mass is 16.1. The van der Waals surface area contributed by atoms with Gasteiger partial charge in [0.15, 0.2) is 0 Å².